The van der Waals surface area contributed by atoms with E-state index in [0.29, 0.717) is 4.90 Å². The van der Waals surface area contributed by atoms with Crippen molar-refractivity contribution in [3.05, 3.63) is 63.6 Å². The van der Waals surface area contributed by atoms with Crippen molar-refractivity contribution < 1.29 is 8.42 Å². The van der Waals surface area contributed by atoms with Gasteiger partial charge in [-0.25, -0.2) is 13.1 Å². The third-order valence-electron chi connectivity index (χ3n) is 3.50. The Labute approximate surface area is 132 Å². The number of rotatable bonds is 4. The molecule has 4 nitrogen and oxygen atoms in total. The van der Waals surface area contributed by atoms with Gasteiger partial charge < -0.3 is 5.32 Å². The summed E-state index contributed by atoms with van der Waals surface area (Å²) in [5.74, 6) is 0. The zero-order chi connectivity index (χ0) is 14.9. The highest BCUT2D eigenvalue weighted by molar-refractivity contribution is 9.10. The molecule has 110 valence electrons. The molecule has 0 atom stereocenters. The Kier molecular flexibility index (Phi) is 4.12. The van der Waals surface area contributed by atoms with Gasteiger partial charge in [0.15, 0.2) is 0 Å². The maximum absolute atomic E-state index is 12.3. The molecule has 1 aliphatic rings. The van der Waals surface area contributed by atoms with Crippen molar-refractivity contribution in [1.29, 1.82) is 0 Å². The van der Waals surface area contributed by atoms with Crippen molar-refractivity contribution in [3.63, 3.8) is 0 Å². The zero-order valence-corrected chi connectivity index (χ0v) is 13.7. The summed E-state index contributed by atoms with van der Waals surface area (Å²) in [5, 5.41) is 3.21. The largest absolute Gasteiger partial charge is 0.309 e. The molecule has 2 N–H and O–H groups in total. The summed E-state index contributed by atoms with van der Waals surface area (Å²) in [4.78, 5) is 0.321. The molecular formula is C15H15BrN2O2S. The molecule has 21 heavy (non-hydrogen) atoms. The van der Waals surface area contributed by atoms with Crippen molar-refractivity contribution in [2.45, 2.75) is 24.5 Å². The van der Waals surface area contributed by atoms with Gasteiger partial charge in [-0.2, -0.15) is 0 Å². The van der Waals surface area contributed by atoms with Crippen molar-refractivity contribution in [2.75, 3.05) is 0 Å². The normalized spacial score (nSPS) is 14.1. The highest BCUT2D eigenvalue weighted by Crippen LogP contribution is 2.20. The quantitative estimate of drug-likeness (QED) is 0.873. The fourth-order valence-corrected chi connectivity index (χ4v) is 3.63. The van der Waals surface area contributed by atoms with Gasteiger partial charge in [0.05, 0.1) is 4.90 Å². The van der Waals surface area contributed by atoms with Gasteiger partial charge >= 0.3 is 0 Å². The topological polar surface area (TPSA) is 58.2 Å². The zero-order valence-electron chi connectivity index (χ0n) is 11.3. The second-order valence-electron chi connectivity index (χ2n) is 4.99. The highest BCUT2D eigenvalue weighted by atomic mass is 79.9. The Bertz CT molecular complexity index is 758. The summed E-state index contributed by atoms with van der Waals surface area (Å²) in [6, 6.07) is 12.9. The van der Waals surface area contributed by atoms with Crippen LogP contribution in [0.2, 0.25) is 0 Å². The summed E-state index contributed by atoms with van der Waals surface area (Å²) >= 11 is 3.36. The summed E-state index contributed by atoms with van der Waals surface area (Å²) < 4.78 is 28.3. The van der Waals surface area contributed by atoms with Crippen LogP contribution in [0.25, 0.3) is 0 Å². The summed E-state index contributed by atoms with van der Waals surface area (Å²) in [6.07, 6.45) is 0. The molecule has 0 aliphatic carbocycles. The number of nitrogens with one attached hydrogen (secondary N) is 2. The van der Waals surface area contributed by atoms with E-state index in [4.69, 9.17) is 0 Å². The molecule has 0 spiro atoms. The van der Waals surface area contributed by atoms with E-state index in [1.54, 1.807) is 12.1 Å². The van der Waals surface area contributed by atoms with Crippen LogP contribution in [0, 0.1) is 0 Å². The fourth-order valence-electron chi connectivity index (χ4n) is 2.30. The van der Waals surface area contributed by atoms with E-state index in [0.717, 1.165) is 28.7 Å². The Morgan fingerprint density at radius 3 is 2.52 bits per heavy atom. The van der Waals surface area contributed by atoms with Crippen LogP contribution in [0.5, 0.6) is 0 Å². The smallest absolute Gasteiger partial charge is 0.240 e. The molecule has 0 amide bonds. The Morgan fingerprint density at radius 1 is 1.05 bits per heavy atom. The standard InChI is InChI=1S/C15H15BrN2O2S/c16-14-4-1-11(2-5-14)8-18-21(19,20)15-6-3-12-9-17-10-13(12)7-15/h1-7,17-18H,8-10H2. The van der Waals surface area contributed by atoms with Crippen LogP contribution in [-0.4, -0.2) is 8.42 Å². The maximum Gasteiger partial charge on any atom is 0.240 e. The van der Waals surface area contributed by atoms with Crippen LogP contribution in [0.15, 0.2) is 51.8 Å². The van der Waals surface area contributed by atoms with E-state index in [1.807, 2.05) is 30.3 Å². The van der Waals surface area contributed by atoms with Crippen LogP contribution in [0.3, 0.4) is 0 Å². The first-order chi connectivity index (χ1) is 10.0. The average molecular weight is 367 g/mol. The van der Waals surface area contributed by atoms with Gasteiger partial charge in [0, 0.05) is 24.1 Å². The second-order valence-corrected chi connectivity index (χ2v) is 7.67. The van der Waals surface area contributed by atoms with Gasteiger partial charge in [0.25, 0.3) is 0 Å². The number of fused-ring (bicyclic) bond motifs is 1. The molecule has 2 aromatic rings. The Morgan fingerprint density at radius 2 is 1.76 bits per heavy atom. The first-order valence-corrected chi connectivity index (χ1v) is 8.89. The molecule has 0 unspecified atom stereocenters. The minimum atomic E-state index is -3.48. The minimum Gasteiger partial charge on any atom is -0.309 e. The van der Waals surface area contributed by atoms with Gasteiger partial charge in [-0.05, 0) is 41.0 Å². The third kappa shape index (κ3) is 3.35. The lowest BCUT2D eigenvalue weighted by Gasteiger charge is -2.08. The van der Waals surface area contributed by atoms with E-state index in [1.165, 1.54) is 5.56 Å². The fraction of sp³-hybridized carbons (Fsp3) is 0.200. The molecule has 3 rings (SSSR count). The van der Waals surface area contributed by atoms with Gasteiger partial charge in [-0.3, -0.25) is 0 Å². The lowest BCUT2D eigenvalue weighted by molar-refractivity contribution is 0.581. The second kappa shape index (κ2) is 5.88. The minimum absolute atomic E-state index is 0.283. The van der Waals surface area contributed by atoms with Crippen LogP contribution in [-0.2, 0) is 29.7 Å². The lowest BCUT2D eigenvalue weighted by atomic mass is 10.1. The molecule has 1 aliphatic heterocycles. The van der Waals surface area contributed by atoms with Crippen molar-refractivity contribution in [2.24, 2.45) is 0 Å². The van der Waals surface area contributed by atoms with E-state index >= 15 is 0 Å². The number of hydrogen-bond donors (Lipinski definition) is 2. The summed E-state index contributed by atoms with van der Waals surface area (Å²) in [6.45, 7) is 1.82. The highest BCUT2D eigenvalue weighted by Gasteiger charge is 2.17. The molecule has 1 heterocycles. The van der Waals surface area contributed by atoms with Crippen LogP contribution < -0.4 is 10.0 Å². The molecule has 6 heteroatoms. The molecule has 0 radical (unpaired) electrons. The number of sulfonamides is 1. The number of benzene rings is 2. The van der Waals surface area contributed by atoms with Gasteiger partial charge in [0.1, 0.15) is 0 Å². The van der Waals surface area contributed by atoms with Crippen molar-refractivity contribution >= 4 is 26.0 Å². The SMILES string of the molecule is O=S(=O)(NCc1ccc(Br)cc1)c1ccc2c(c1)CNC2. The third-order valence-corrected chi connectivity index (χ3v) is 5.43. The van der Waals surface area contributed by atoms with Gasteiger partial charge in [0.2, 0.25) is 10.0 Å². The average Bonchev–Trinajstić information content (AvgIpc) is 2.94. The molecular weight excluding hydrogens is 352 g/mol. The van der Waals surface area contributed by atoms with Crippen LogP contribution in [0.1, 0.15) is 16.7 Å². The first kappa shape index (κ1) is 14.7. The predicted molar refractivity (Wildman–Crippen MR) is 85.2 cm³/mol. The summed E-state index contributed by atoms with van der Waals surface area (Å²) in [5.41, 5.74) is 3.15. The van der Waals surface area contributed by atoms with Crippen LogP contribution in [0.4, 0.5) is 0 Å². The Balaban J connectivity index is 1.76. The van der Waals surface area contributed by atoms with Gasteiger partial charge in [-0.1, -0.05) is 34.1 Å². The predicted octanol–water partition coefficient (Wildman–Crippen LogP) is 2.53. The number of halogens is 1. The number of hydrogen-bond acceptors (Lipinski definition) is 3. The van der Waals surface area contributed by atoms with E-state index in [9.17, 15) is 8.42 Å². The molecule has 0 bridgehead atoms. The van der Waals surface area contributed by atoms with Gasteiger partial charge in [-0.15, -0.1) is 0 Å². The monoisotopic (exact) mass is 366 g/mol. The molecule has 0 saturated carbocycles. The van der Waals surface area contributed by atoms with E-state index in [-0.39, 0.29) is 6.54 Å². The molecule has 0 fully saturated rings. The van der Waals surface area contributed by atoms with Crippen molar-refractivity contribution in [1.82, 2.24) is 10.0 Å². The lowest BCUT2D eigenvalue weighted by Crippen LogP contribution is -2.23. The van der Waals surface area contributed by atoms with E-state index < -0.39 is 10.0 Å². The van der Waals surface area contributed by atoms with Crippen LogP contribution >= 0.6 is 15.9 Å². The first-order valence-electron chi connectivity index (χ1n) is 6.61. The maximum atomic E-state index is 12.3. The van der Waals surface area contributed by atoms with Crippen molar-refractivity contribution in [3.8, 4) is 0 Å². The summed E-state index contributed by atoms with van der Waals surface area (Å²) in [7, 11) is -3.48. The Hall–Kier alpha value is -1.21. The van der Waals surface area contributed by atoms with E-state index in [2.05, 4.69) is 26.0 Å². The molecule has 0 aromatic heterocycles. The molecule has 2 aromatic carbocycles. The molecule has 0 saturated heterocycles.